The quantitative estimate of drug-likeness (QED) is 0.542. The summed E-state index contributed by atoms with van der Waals surface area (Å²) in [6, 6.07) is 9.46. The van der Waals surface area contributed by atoms with E-state index in [1.807, 2.05) is 30.3 Å². The first-order valence-corrected chi connectivity index (χ1v) is 8.07. The average molecular weight is 424 g/mol. The van der Waals surface area contributed by atoms with Gasteiger partial charge in [-0.2, -0.15) is 0 Å². The molecule has 0 N–H and O–H groups in total. The van der Waals surface area contributed by atoms with Crippen molar-refractivity contribution in [2.45, 2.75) is 29.9 Å². The summed E-state index contributed by atoms with van der Waals surface area (Å²) >= 11 is 6.41. The zero-order valence-corrected chi connectivity index (χ0v) is 15.7. The van der Waals surface area contributed by atoms with Crippen LogP contribution in [0.25, 0.3) is 0 Å². The Kier molecular flexibility index (Phi) is 9.53. The fraction of sp³-hybridized carbons (Fsp3) is 0.467. The molecule has 0 fully saturated rings. The molecule has 0 saturated heterocycles. The third-order valence-electron chi connectivity index (χ3n) is 2.26. The lowest BCUT2D eigenvalue weighted by Gasteiger charge is -2.10. The smallest absolute Gasteiger partial charge is 0.324 e. The van der Waals surface area contributed by atoms with Gasteiger partial charge < -0.3 is 9.47 Å². The highest BCUT2D eigenvalue weighted by molar-refractivity contribution is 9.10. The van der Waals surface area contributed by atoms with Crippen LogP contribution in [0.4, 0.5) is 0 Å². The molecule has 0 aromatic heterocycles. The molecule has 0 bridgehead atoms. The van der Waals surface area contributed by atoms with Gasteiger partial charge in [-0.15, -0.1) is 0 Å². The Hall–Kier alpha value is -0.880. The molecule has 0 saturated carbocycles. The van der Waals surface area contributed by atoms with Gasteiger partial charge in [-0.1, -0.05) is 62.2 Å². The van der Waals surface area contributed by atoms with Gasteiger partial charge in [0.2, 0.25) is 0 Å². The average Bonchev–Trinajstić information content (AvgIpc) is 2.46. The van der Waals surface area contributed by atoms with Crippen LogP contribution in [0, 0.1) is 0 Å². The molecule has 1 aromatic rings. The topological polar surface area (TPSA) is 52.6 Å². The number of hydrogen-bond donors (Lipinski definition) is 0. The minimum absolute atomic E-state index is 0.242. The van der Waals surface area contributed by atoms with Gasteiger partial charge in [0, 0.05) is 0 Å². The summed E-state index contributed by atoms with van der Waals surface area (Å²) in [6.07, 6.45) is 0. The molecule has 0 aliphatic carbocycles. The molecule has 0 radical (unpaired) electrons. The molecule has 0 spiro atoms. The number of carbonyl (C=O) groups excluding carboxylic acids is 2. The van der Waals surface area contributed by atoms with Crippen LogP contribution < -0.4 is 0 Å². The molecule has 1 atom stereocenters. The molecule has 4 nitrogen and oxygen atoms in total. The van der Waals surface area contributed by atoms with E-state index < -0.39 is 4.32 Å². The number of benzene rings is 1. The minimum Gasteiger partial charge on any atom is -0.468 e. The number of rotatable bonds is 4. The molecule has 0 aliphatic heterocycles. The van der Waals surface area contributed by atoms with Crippen molar-refractivity contribution < 1.29 is 19.1 Å². The number of halogens is 2. The van der Waals surface area contributed by atoms with E-state index in [0.29, 0.717) is 6.61 Å². The van der Waals surface area contributed by atoms with E-state index >= 15 is 0 Å². The number of hydrogen-bond acceptors (Lipinski definition) is 4. The molecule has 6 heteroatoms. The van der Waals surface area contributed by atoms with Gasteiger partial charge in [0.15, 0.2) is 0 Å². The van der Waals surface area contributed by atoms with Crippen molar-refractivity contribution in [2.24, 2.45) is 0 Å². The predicted octanol–water partition coefficient (Wildman–Crippen LogP) is 4.02. The molecule has 0 heterocycles. The van der Waals surface area contributed by atoms with Gasteiger partial charge in [0.25, 0.3) is 0 Å². The normalized spacial score (nSPS) is 11.7. The molecule has 1 rings (SSSR count). The Morgan fingerprint density at radius 2 is 1.76 bits per heavy atom. The minimum atomic E-state index is -0.540. The van der Waals surface area contributed by atoms with E-state index in [9.17, 15) is 9.59 Å². The lowest BCUT2D eigenvalue weighted by Crippen LogP contribution is -2.24. The highest BCUT2D eigenvalue weighted by atomic mass is 79.9. The third kappa shape index (κ3) is 8.21. The first-order valence-electron chi connectivity index (χ1n) is 6.37. The second kappa shape index (κ2) is 9.95. The van der Waals surface area contributed by atoms with Crippen molar-refractivity contribution in [3.05, 3.63) is 35.9 Å². The van der Waals surface area contributed by atoms with Crippen molar-refractivity contribution in [3.8, 4) is 0 Å². The second-order valence-electron chi connectivity index (χ2n) is 4.49. The van der Waals surface area contributed by atoms with E-state index in [-0.39, 0.29) is 16.8 Å². The fourth-order valence-corrected chi connectivity index (χ4v) is 1.82. The lowest BCUT2D eigenvalue weighted by atomic mass is 10.1. The van der Waals surface area contributed by atoms with E-state index in [1.54, 1.807) is 20.8 Å². The summed E-state index contributed by atoms with van der Waals surface area (Å²) in [7, 11) is 1.37. The van der Waals surface area contributed by atoms with Gasteiger partial charge >= 0.3 is 11.9 Å². The number of methoxy groups -OCH3 is 1. The Bertz CT molecular complexity index is 441. The van der Waals surface area contributed by atoms with E-state index in [0.717, 1.165) is 5.56 Å². The number of ether oxygens (including phenoxy) is 2. The fourth-order valence-electron chi connectivity index (χ4n) is 1.22. The highest BCUT2D eigenvalue weighted by Crippen LogP contribution is 2.23. The van der Waals surface area contributed by atoms with Gasteiger partial charge in [0.1, 0.15) is 9.15 Å². The Balaban J connectivity index is 0.000000433. The van der Waals surface area contributed by atoms with Gasteiger partial charge in [-0.05, 0) is 26.3 Å². The van der Waals surface area contributed by atoms with E-state index in [1.165, 1.54) is 7.11 Å². The van der Waals surface area contributed by atoms with Crippen LogP contribution in [0.2, 0.25) is 0 Å². The zero-order valence-electron chi connectivity index (χ0n) is 12.6. The predicted molar refractivity (Wildman–Crippen MR) is 89.8 cm³/mol. The van der Waals surface area contributed by atoms with Gasteiger partial charge in [-0.3, -0.25) is 9.59 Å². The number of carbonyl (C=O) groups is 2. The highest BCUT2D eigenvalue weighted by Gasteiger charge is 2.23. The molecule has 1 unspecified atom stereocenters. The van der Waals surface area contributed by atoms with Crippen LogP contribution in [-0.2, 0) is 19.1 Å². The maximum Gasteiger partial charge on any atom is 0.324 e. The molecule has 1 aromatic carbocycles. The first kappa shape index (κ1) is 20.1. The Labute approximate surface area is 142 Å². The van der Waals surface area contributed by atoms with Crippen molar-refractivity contribution >= 4 is 43.8 Å². The van der Waals surface area contributed by atoms with Gasteiger partial charge in [0.05, 0.1) is 13.7 Å². The maximum absolute atomic E-state index is 11.3. The van der Waals surface area contributed by atoms with Crippen LogP contribution in [0.5, 0.6) is 0 Å². The van der Waals surface area contributed by atoms with E-state index in [4.69, 9.17) is 4.74 Å². The number of esters is 2. The van der Waals surface area contributed by atoms with Crippen LogP contribution in [0.3, 0.4) is 0 Å². The van der Waals surface area contributed by atoms with Crippen LogP contribution in [0.1, 0.15) is 31.2 Å². The summed E-state index contributed by atoms with van der Waals surface area (Å²) in [5, 5.41) is 0. The molecular weight excluding hydrogens is 404 g/mol. The molecule has 0 amide bonds. The van der Waals surface area contributed by atoms with Crippen molar-refractivity contribution in [1.82, 2.24) is 0 Å². The SMILES string of the molecule is CCOC(=O)C(Br)c1ccccc1.COC(=O)C(C)(C)Br. The molecule has 118 valence electrons. The standard InChI is InChI=1S/C10H11BrO2.C5H9BrO2/c1-2-13-10(12)9(11)8-6-4-3-5-7-8;1-5(2,6)4(7)8-3/h3-7,9H,2H2,1H3;1-3H3. The summed E-state index contributed by atoms with van der Waals surface area (Å²) in [5.74, 6) is -0.494. The van der Waals surface area contributed by atoms with Crippen molar-refractivity contribution in [3.63, 3.8) is 0 Å². The van der Waals surface area contributed by atoms with Crippen LogP contribution >= 0.6 is 31.9 Å². The molecular formula is C15H20Br2O4. The molecule has 0 aliphatic rings. The van der Waals surface area contributed by atoms with Crippen molar-refractivity contribution in [2.75, 3.05) is 13.7 Å². The first-order chi connectivity index (χ1) is 9.73. The largest absolute Gasteiger partial charge is 0.468 e. The second-order valence-corrected chi connectivity index (χ2v) is 7.39. The van der Waals surface area contributed by atoms with Crippen LogP contribution in [0.15, 0.2) is 30.3 Å². The summed E-state index contributed by atoms with van der Waals surface area (Å²) < 4.78 is 8.76. The Morgan fingerprint density at radius 3 is 2.10 bits per heavy atom. The summed E-state index contributed by atoms with van der Waals surface area (Å²) in [4.78, 5) is 21.5. The zero-order chi connectivity index (χ0) is 16.5. The monoisotopic (exact) mass is 422 g/mol. The lowest BCUT2D eigenvalue weighted by molar-refractivity contribution is -0.143. The van der Waals surface area contributed by atoms with Gasteiger partial charge in [-0.25, -0.2) is 0 Å². The summed E-state index contributed by atoms with van der Waals surface area (Å²) in [6.45, 7) is 5.67. The maximum atomic E-state index is 11.3. The third-order valence-corrected chi connectivity index (χ3v) is 3.48. The number of alkyl halides is 2. The van der Waals surface area contributed by atoms with Crippen LogP contribution in [-0.4, -0.2) is 30.0 Å². The Morgan fingerprint density at radius 1 is 1.24 bits per heavy atom. The van der Waals surface area contributed by atoms with Crippen molar-refractivity contribution in [1.29, 1.82) is 0 Å². The van der Waals surface area contributed by atoms with E-state index in [2.05, 4.69) is 36.6 Å². The molecule has 21 heavy (non-hydrogen) atoms. The summed E-state index contributed by atoms with van der Waals surface area (Å²) in [5.41, 5.74) is 0.918.